The van der Waals surface area contributed by atoms with E-state index in [1.807, 2.05) is 24.3 Å². The molecule has 3 aromatic carbocycles. The molecule has 0 radical (unpaired) electrons. The van der Waals surface area contributed by atoms with Gasteiger partial charge in [-0.15, -0.1) is 0 Å². The summed E-state index contributed by atoms with van der Waals surface area (Å²) in [6, 6.07) is 24.3. The molecule has 1 amide bonds. The number of benzene rings is 3. The zero-order chi connectivity index (χ0) is 21.0. The molecule has 5 heteroatoms. The van der Waals surface area contributed by atoms with Crippen LogP contribution in [0.5, 0.6) is 0 Å². The van der Waals surface area contributed by atoms with Gasteiger partial charge in [0.15, 0.2) is 0 Å². The molecule has 3 aromatic rings. The highest BCUT2D eigenvalue weighted by atomic mass is 19.1. The van der Waals surface area contributed by atoms with Crippen LogP contribution in [0.15, 0.2) is 78.9 Å². The maximum Gasteiger partial charge on any atom is 0.249 e. The second-order valence-electron chi connectivity index (χ2n) is 7.89. The second-order valence-corrected chi connectivity index (χ2v) is 7.89. The number of nitrogens with one attached hydrogen (secondary N) is 1. The molecule has 0 aliphatic carbocycles. The molecule has 3 N–H and O–H groups in total. The number of nitrogens with two attached hydrogens (primary N) is 1. The minimum atomic E-state index is -0.448. The highest BCUT2D eigenvalue weighted by Crippen LogP contribution is 2.38. The van der Waals surface area contributed by atoms with Crippen LogP contribution < -0.4 is 11.1 Å². The lowest BCUT2D eigenvalue weighted by Gasteiger charge is -2.44. The van der Waals surface area contributed by atoms with Gasteiger partial charge in [0, 0.05) is 30.9 Å². The van der Waals surface area contributed by atoms with E-state index in [1.54, 1.807) is 18.2 Å². The molecular weight excluding hydrogens is 377 g/mol. The summed E-state index contributed by atoms with van der Waals surface area (Å²) < 4.78 is 13.4. The molecule has 154 valence electrons. The van der Waals surface area contributed by atoms with Crippen molar-refractivity contribution in [1.29, 1.82) is 0 Å². The summed E-state index contributed by atoms with van der Waals surface area (Å²) in [7, 11) is 0. The molecule has 0 spiro atoms. The third-order valence-corrected chi connectivity index (χ3v) is 5.89. The van der Waals surface area contributed by atoms with Gasteiger partial charge in [-0.3, -0.25) is 9.69 Å². The Hall–Kier alpha value is -3.18. The molecule has 0 bridgehead atoms. The third kappa shape index (κ3) is 4.36. The molecule has 4 rings (SSSR count). The average Bonchev–Trinajstić information content (AvgIpc) is 2.77. The van der Waals surface area contributed by atoms with Gasteiger partial charge < -0.3 is 11.1 Å². The number of hydrogen-bond donors (Lipinski definition) is 2. The van der Waals surface area contributed by atoms with Gasteiger partial charge >= 0.3 is 0 Å². The second kappa shape index (κ2) is 8.67. The fourth-order valence-corrected chi connectivity index (χ4v) is 4.32. The van der Waals surface area contributed by atoms with Crippen LogP contribution in [-0.2, 0) is 12.1 Å². The molecule has 30 heavy (non-hydrogen) atoms. The van der Waals surface area contributed by atoms with Gasteiger partial charge in [0.2, 0.25) is 5.91 Å². The quantitative estimate of drug-likeness (QED) is 0.636. The predicted molar refractivity (Wildman–Crippen MR) is 118 cm³/mol. The van der Waals surface area contributed by atoms with Crippen LogP contribution >= 0.6 is 0 Å². The molecule has 0 unspecified atom stereocenters. The molecule has 1 heterocycles. The van der Waals surface area contributed by atoms with E-state index in [1.165, 1.54) is 17.7 Å². The predicted octanol–water partition coefficient (Wildman–Crippen LogP) is 4.53. The third-order valence-electron chi connectivity index (χ3n) is 5.89. The molecule has 1 aliphatic heterocycles. The van der Waals surface area contributed by atoms with Gasteiger partial charge in [-0.1, -0.05) is 48.5 Å². The number of hydrogen-bond acceptors (Lipinski definition) is 3. The van der Waals surface area contributed by atoms with Crippen LogP contribution in [0.25, 0.3) is 0 Å². The Labute approximate surface area is 176 Å². The number of carbonyl (C=O) groups excluding carboxylic acids is 1. The minimum absolute atomic E-state index is 0.273. The van der Waals surface area contributed by atoms with Crippen LogP contribution in [0.2, 0.25) is 0 Å². The highest BCUT2D eigenvalue weighted by Gasteiger charge is 2.38. The van der Waals surface area contributed by atoms with E-state index >= 15 is 0 Å². The molecular formula is C25H26FN3O. The first kappa shape index (κ1) is 20.1. The number of likely N-dealkylation sites (tertiary alicyclic amines) is 1. The summed E-state index contributed by atoms with van der Waals surface area (Å²) in [6.45, 7) is 2.64. The maximum absolute atomic E-state index is 13.4. The first-order chi connectivity index (χ1) is 14.6. The number of carbonyl (C=O) groups is 1. The smallest absolute Gasteiger partial charge is 0.249 e. The van der Waals surface area contributed by atoms with Gasteiger partial charge in [-0.2, -0.15) is 0 Å². The van der Waals surface area contributed by atoms with Gasteiger partial charge in [-0.05, 0) is 54.3 Å². The van der Waals surface area contributed by atoms with Crippen molar-refractivity contribution in [1.82, 2.24) is 4.90 Å². The first-order valence-corrected chi connectivity index (χ1v) is 10.3. The lowest BCUT2D eigenvalue weighted by Crippen LogP contribution is -2.47. The molecule has 1 fully saturated rings. The van der Waals surface area contributed by atoms with Crippen molar-refractivity contribution in [3.05, 3.63) is 101 Å². The van der Waals surface area contributed by atoms with Crippen molar-refractivity contribution in [3.63, 3.8) is 0 Å². The molecule has 0 saturated carbocycles. The van der Waals surface area contributed by atoms with Gasteiger partial charge in [-0.25, -0.2) is 4.39 Å². The topological polar surface area (TPSA) is 58.4 Å². The average molecular weight is 404 g/mol. The number of anilines is 1. The number of primary amides is 1. The summed E-state index contributed by atoms with van der Waals surface area (Å²) in [5, 5.41) is 3.62. The van der Waals surface area contributed by atoms with Crippen LogP contribution in [0.1, 0.15) is 34.3 Å². The van der Waals surface area contributed by atoms with Crippen LogP contribution in [-0.4, -0.2) is 23.9 Å². The summed E-state index contributed by atoms with van der Waals surface area (Å²) in [5.74, 6) is -0.706. The molecule has 1 aliphatic rings. The minimum Gasteiger partial charge on any atom is -0.375 e. The molecule has 1 saturated heterocycles. The zero-order valence-electron chi connectivity index (χ0n) is 16.9. The number of rotatable bonds is 6. The van der Waals surface area contributed by atoms with Crippen LogP contribution in [0, 0.1) is 5.82 Å². The molecule has 0 atom stereocenters. The molecule has 0 aromatic heterocycles. The zero-order valence-corrected chi connectivity index (χ0v) is 16.9. The van der Waals surface area contributed by atoms with Gasteiger partial charge in [0.25, 0.3) is 0 Å². The van der Waals surface area contributed by atoms with Gasteiger partial charge in [0.05, 0.1) is 5.54 Å². The Morgan fingerprint density at radius 3 is 2.23 bits per heavy atom. The monoisotopic (exact) mass is 403 g/mol. The number of amides is 1. The van der Waals surface area contributed by atoms with Crippen LogP contribution in [0.3, 0.4) is 0 Å². The summed E-state index contributed by atoms with van der Waals surface area (Å²) >= 11 is 0. The SMILES string of the molecule is NC(=O)c1ccccc1C1(Nc2ccc(F)cc2)CCN(Cc2ccccc2)CC1. The van der Waals surface area contributed by atoms with Crippen molar-refractivity contribution in [3.8, 4) is 0 Å². The summed E-state index contributed by atoms with van der Waals surface area (Å²) in [5.41, 5.74) is 8.80. The highest BCUT2D eigenvalue weighted by molar-refractivity contribution is 5.94. The lowest BCUT2D eigenvalue weighted by atomic mass is 9.78. The van der Waals surface area contributed by atoms with E-state index in [0.717, 1.165) is 43.7 Å². The number of nitrogens with zero attached hydrogens (tertiary/aromatic N) is 1. The van der Waals surface area contributed by atoms with E-state index < -0.39 is 11.4 Å². The molecule has 4 nitrogen and oxygen atoms in total. The van der Waals surface area contributed by atoms with E-state index in [2.05, 4.69) is 34.5 Å². The Morgan fingerprint density at radius 1 is 0.933 bits per heavy atom. The normalized spacial score (nSPS) is 16.2. The van der Waals surface area contributed by atoms with Crippen LogP contribution in [0.4, 0.5) is 10.1 Å². The van der Waals surface area contributed by atoms with E-state index in [-0.39, 0.29) is 5.82 Å². The van der Waals surface area contributed by atoms with Crippen molar-refractivity contribution >= 4 is 11.6 Å². The first-order valence-electron chi connectivity index (χ1n) is 10.3. The van der Waals surface area contributed by atoms with Crippen molar-refractivity contribution in [2.45, 2.75) is 24.9 Å². The van der Waals surface area contributed by atoms with Crippen molar-refractivity contribution < 1.29 is 9.18 Å². The fraction of sp³-hybridized carbons (Fsp3) is 0.240. The van der Waals surface area contributed by atoms with E-state index in [0.29, 0.717) is 5.56 Å². The summed E-state index contributed by atoms with van der Waals surface area (Å²) in [4.78, 5) is 14.6. The largest absolute Gasteiger partial charge is 0.375 e. The fourth-order valence-electron chi connectivity index (χ4n) is 4.32. The van der Waals surface area contributed by atoms with E-state index in [9.17, 15) is 9.18 Å². The van der Waals surface area contributed by atoms with Gasteiger partial charge in [0.1, 0.15) is 5.82 Å². The van der Waals surface area contributed by atoms with Crippen molar-refractivity contribution in [2.75, 3.05) is 18.4 Å². The number of halogens is 1. The number of piperidine rings is 1. The maximum atomic E-state index is 13.4. The lowest BCUT2D eigenvalue weighted by molar-refractivity contribution is 0.0995. The standard InChI is InChI=1S/C25H26FN3O/c26-20-10-12-21(13-11-20)28-25(23-9-5-4-8-22(23)24(27)30)14-16-29(17-15-25)18-19-6-2-1-3-7-19/h1-13,28H,14-18H2,(H2,27,30). The Morgan fingerprint density at radius 2 is 1.57 bits per heavy atom. The Bertz CT molecular complexity index is 996. The summed E-state index contributed by atoms with van der Waals surface area (Å²) in [6.07, 6.45) is 1.61. The van der Waals surface area contributed by atoms with E-state index in [4.69, 9.17) is 5.73 Å². The Balaban J connectivity index is 1.62. The Kier molecular flexibility index (Phi) is 5.81. The van der Waals surface area contributed by atoms with Crippen molar-refractivity contribution in [2.24, 2.45) is 5.73 Å².